The zero-order chi connectivity index (χ0) is 13.7. The summed E-state index contributed by atoms with van der Waals surface area (Å²) in [4.78, 5) is 9.53. The van der Waals surface area contributed by atoms with Gasteiger partial charge in [0.25, 0.3) is 0 Å². The average molecular weight is 290 g/mol. The van der Waals surface area contributed by atoms with Gasteiger partial charge in [-0.2, -0.15) is 0 Å². The summed E-state index contributed by atoms with van der Waals surface area (Å²) in [6.07, 6.45) is 5.26. The molecule has 0 saturated carbocycles. The van der Waals surface area contributed by atoms with E-state index in [2.05, 4.69) is 15.3 Å². The van der Waals surface area contributed by atoms with Crippen molar-refractivity contribution >= 4 is 34.7 Å². The molecule has 19 heavy (non-hydrogen) atoms. The van der Waals surface area contributed by atoms with Crippen molar-refractivity contribution in [2.75, 3.05) is 11.6 Å². The van der Waals surface area contributed by atoms with Crippen LogP contribution in [0.5, 0.6) is 0 Å². The fourth-order valence-electron chi connectivity index (χ4n) is 1.71. The Kier molecular flexibility index (Phi) is 4.70. The summed E-state index contributed by atoms with van der Waals surface area (Å²) in [6, 6.07) is 7.83. The number of aromatic nitrogens is 2. The Morgan fingerprint density at radius 3 is 2.89 bits per heavy atom. The van der Waals surface area contributed by atoms with Crippen LogP contribution in [0.1, 0.15) is 11.3 Å². The number of hydrogen-bond acceptors (Lipinski definition) is 5. The summed E-state index contributed by atoms with van der Waals surface area (Å²) in [7, 11) is 0. The van der Waals surface area contributed by atoms with E-state index in [-0.39, 0.29) is 0 Å². The van der Waals surface area contributed by atoms with Crippen LogP contribution >= 0.6 is 24.0 Å². The molecule has 2 aromatic rings. The molecule has 0 radical (unpaired) electrons. The van der Waals surface area contributed by atoms with Crippen LogP contribution in [0.3, 0.4) is 0 Å². The van der Waals surface area contributed by atoms with Gasteiger partial charge in [-0.3, -0.25) is 0 Å². The second kappa shape index (κ2) is 6.49. The summed E-state index contributed by atoms with van der Waals surface area (Å²) in [5.41, 5.74) is 8.54. The van der Waals surface area contributed by atoms with Crippen molar-refractivity contribution in [2.24, 2.45) is 5.73 Å². The van der Waals surface area contributed by atoms with Crippen LogP contribution in [-0.4, -0.2) is 21.2 Å². The van der Waals surface area contributed by atoms with E-state index in [4.69, 9.17) is 18.0 Å². The Bertz CT molecular complexity index is 572. The second-order valence-corrected chi connectivity index (χ2v) is 5.09. The molecule has 0 aliphatic carbocycles. The summed E-state index contributed by atoms with van der Waals surface area (Å²) in [6.45, 7) is 0.607. The van der Waals surface area contributed by atoms with Gasteiger partial charge in [-0.15, -0.1) is 11.8 Å². The highest BCUT2D eigenvalue weighted by Crippen LogP contribution is 2.27. The third-order valence-corrected chi connectivity index (χ3v) is 3.58. The third kappa shape index (κ3) is 3.42. The molecule has 0 amide bonds. The van der Waals surface area contributed by atoms with Crippen LogP contribution in [0.2, 0.25) is 0 Å². The highest BCUT2D eigenvalue weighted by molar-refractivity contribution is 7.98. The minimum Gasteiger partial charge on any atom is -0.389 e. The van der Waals surface area contributed by atoms with E-state index in [1.54, 1.807) is 18.0 Å². The van der Waals surface area contributed by atoms with Crippen LogP contribution in [0.15, 0.2) is 41.7 Å². The molecule has 0 aliphatic heterocycles. The van der Waals surface area contributed by atoms with Gasteiger partial charge in [-0.05, 0) is 24.5 Å². The van der Waals surface area contributed by atoms with Gasteiger partial charge in [-0.1, -0.05) is 18.3 Å². The first-order valence-corrected chi connectivity index (χ1v) is 7.31. The van der Waals surface area contributed by atoms with E-state index < -0.39 is 0 Å². The highest BCUT2D eigenvalue weighted by atomic mass is 32.2. The Morgan fingerprint density at radius 2 is 2.26 bits per heavy atom. The Morgan fingerprint density at radius 1 is 1.42 bits per heavy atom. The molecular formula is C13H14N4S2. The minimum absolute atomic E-state index is 0.398. The Balaban J connectivity index is 2.23. The predicted octanol–water partition coefficient (Wildman–Crippen LogP) is 2.44. The number of rotatable bonds is 5. The lowest BCUT2D eigenvalue weighted by Gasteiger charge is -2.13. The first-order valence-electron chi connectivity index (χ1n) is 5.68. The first kappa shape index (κ1) is 13.8. The molecule has 0 spiro atoms. The van der Waals surface area contributed by atoms with E-state index >= 15 is 0 Å². The van der Waals surface area contributed by atoms with Crippen LogP contribution in [0.4, 0.5) is 5.69 Å². The number of hydrogen-bond donors (Lipinski definition) is 2. The molecule has 0 aliphatic rings. The lowest BCUT2D eigenvalue weighted by molar-refractivity contribution is 1.00. The fraction of sp³-hybridized carbons (Fsp3) is 0.154. The molecule has 6 heteroatoms. The maximum Gasteiger partial charge on any atom is 0.115 e. The number of benzene rings is 1. The molecule has 1 aromatic carbocycles. The van der Waals surface area contributed by atoms with Gasteiger partial charge in [0.2, 0.25) is 0 Å². The first-order chi connectivity index (χ1) is 9.22. The van der Waals surface area contributed by atoms with E-state index in [0.717, 1.165) is 21.8 Å². The highest BCUT2D eigenvalue weighted by Gasteiger charge is 2.10. The van der Waals surface area contributed by atoms with Gasteiger partial charge in [0, 0.05) is 22.3 Å². The van der Waals surface area contributed by atoms with Crippen LogP contribution in [-0.2, 0) is 6.54 Å². The van der Waals surface area contributed by atoms with Crippen LogP contribution < -0.4 is 11.1 Å². The maximum atomic E-state index is 5.81. The monoisotopic (exact) mass is 290 g/mol. The van der Waals surface area contributed by atoms with Crippen molar-refractivity contribution in [3.63, 3.8) is 0 Å². The number of thiocarbonyl (C=S) groups is 1. The number of anilines is 1. The lowest BCUT2D eigenvalue weighted by atomic mass is 10.1. The molecule has 4 nitrogen and oxygen atoms in total. The molecule has 3 N–H and O–H groups in total. The number of nitrogens with two attached hydrogens (primary N) is 1. The maximum absolute atomic E-state index is 5.81. The zero-order valence-electron chi connectivity index (χ0n) is 10.5. The normalized spacial score (nSPS) is 10.2. The molecule has 0 bridgehead atoms. The number of nitrogens with one attached hydrogen (secondary N) is 1. The van der Waals surface area contributed by atoms with Gasteiger partial charge in [0.05, 0.1) is 12.2 Å². The van der Waals surface area contributed by atoms with Crippen molar-refractivity contribution < 1.29 is 0 Å². The average Bonchev–Trinajstić information content (AvgIpc) is 2.45. The van der Waals surface area contributed by atoms with Gasteiger partial charge in [-0.25, -0.2) is 9.97 Å². The Hall–Kier alpha value is -1.66. The van der Waals surface area contributed by atoms with E-state index in [1.807, 2.05) is 30.5 Å². The third-order valence-electron chi connectivity index (χ3n) is 2.60. The van der Waals surface area contributed by atoms with Crippen molar-refractivity contribution in [2.45, 2.75) is 11.4 Å². The molecular weight excluding hydrogens is 276 g/mol. The topological polar surface area (TPSA) is 63.8 Å². The second-order valence-electron chi connectivity index (χ2n) is 3.80. The molecule has 98 valence electrons. The van der Waals surface area contributed by atoms with Crippen molar-refractivity contribution in [3.8, 4) is 0 Å². The summed E-state index contributed by atoms with van der Waals surface area (Å²) in [5.74, 6) is 0. The zero-order valence-corrected chi connectivity index (χ0v) is 12.1. The largest absolute Gasteiger partial charge is 0.389 e. The number of thioether (sulfide) groups is 1. The van der Waals surface area contributed by atoms with Crippen molar-refractivity contribution in [3.05, 3.63) is 48.0 Å². The molecule has 1 heterocycles. The predicted molar refractivity (Wildman–Crippen MR) is 83.5 cm³/mol. The van der Waals surface area contributed by atoms with Crippen LogP contribution in [0.25, 0.3) is 0 Å². The summed E-state index contributed by atoms with van der Waals surface area (Å²) in [5, 5.41) is 3.31. The van der Waals surface area contributed by atoms with E-state index in [1.165, 1.54) is 6.33 Å². The molecule has 0 saturated heterocycles. The van der Waals surface area contributed by atoms with Gasteiger partial charge in [0.15, 0.2) is 0 Å². The summed E-state index contributed by atoms with van der Waals surface area (Å²) >= 11 is 6.76. The van der Waals surface area contributed by atoms with Crippen molar-refractivity contribution in [1.29, 1.82) is 0 Å². The molecule has 0 fully saturated rings. The van der Waals surface area contributed by atoms with E-state index in [9.17, 15) is 0 Å². The van der Waals surface area contributed by atoms with E-state index in [0.29, 0.717) is 11.5 Å². The van der Waals surface area contributed by atoms with Gasteiger partial charge < -0.3 is 11.1 Å². The molecule has 2 rings (SSSR count). The van der Waals surface area contributed by atoms with Crippen molar-refractivity contribution in [1.82, 2.24) is 9.97 Å². The standard InChI is InChI=1S/C13H14N4S2/c1-19-11-4-2-3-10(12(11)13(14)18)16-7-9-5-6-15-8-17-9/h2-6,8,16H,7H2,1H3,(H2,14,18). The van der Waals surface area contributed by atoms with Gasteiger partial charge >= 0.3 is 0 Å². The minimum atomic E-state index is 0.398. The molecule has 0 unspecified atom stereocenters. The van der Waals surface area contributed by atoms with Gasteiger partial charge in [0.1, 0.15) is 11.3 Å². The fourth-order valence-corrected chi connectivity index (χ4v) is 2.63. The molecule has 0 atom stereocenters. The summed E-state index contributed by atoms with van der Waals surface area (Å²) < 4.78 is 0. The SMILES string of the molecule is CSc1cccc(NCc2ccncn2)c1C(N)=S. The quantitative estimate of drug-likeness (QED) is 0.651. The van der Waals surface area contributed by atoms with Crippen LogP contribution in [0, 0.1) is 0 Å². The number of nitrogens with zero attached hydrogens (tertiary/aromatic N) is 2. The lowest BCUT2D eigenvalue weighted by Crippen LogP contribution is -2.14. The smallest absolute Gasteiger partial charge is 0.115 e. The Labute approximate surface area is 121 Å². The molecule has 1 aromatic heterocycles.